The standard InChI is InChI=1S/C21H27N3O3/c1-26-17-9-10-20(27-2)18(14-17)23-16-11-12-22-19(13-16)21(25)24-15-7-5-3-4-6-8-15/h9-15H,3-8H2,1-2H3,(H,22,23)(H,24,25). The maximum absolute atomic E-state index is 12.6. The Balaban J connectivity index is 1.72. The van der Waals surface area contributed by atoms with Crippen molar-refractivity contribution >= 4 is 17.3 Å². The number of aromatic nitrogens is 1. The fourth-order valence-electron chi connectivity index (χ4n) is 3.38. The van der Waals surface area contributed by atoms with Crippen LogP contribution in [0.15, 0.2) is 36.5 Å². The molecule has 1 aromatic carbocycles. The van der Waals surface area contributed by atoms with E-state index in [0.717, 1.165) is 30.0 Å². The molecule has 144 valence electrons. The molecule has 0 spiro atoms. The van der Waals surface area contributed by atoms with Crippen molar-refractivity contribution in [3.05, 3.63) is 42.2 Å². The van der Waals surface area contributed by atoms with Crippen molar-refractivity contribution in [2.24, 2.45) is 0 Å². The van der Waals surface area contributed by atoms with Crippen LogP contribution >= 0.6 is 0 Å². The summed E-state index contributed by atoms with van der Waals surface area (Å²) in [7, 11) is 3.24. The molecule has 1 amide bonds. The smallest absolute Gasteiger partial charge is 0.270 e. The predicted molar refractivity (Wildman–Crippen MR) is 106 cm³/mol. The van der Waals surface area contributed by atoms with Gasteiger partial charge in [-0.1, -0.05) is 25.7 Å². The van der Waals surface area contributed by atoms with Crippen LogP contribution in [0.25, 0.3) is 0 Å². The van der Waals surface area contributed by atoms with Crippen LogP contribution < -0.4 is 20.1 Å². The van der Waals surface area contributed by atoms with Crippen molar-refractivity contribution in [3.63, 3.8) is 0 Å². The number of hydrogen-bond donors (Lipinski definition) is 2. The van der Waals surface area contributed by atoms with Gasteiger partial charge in [0.2, 0.25) is 0 Å². The Morgan fingerprint density at radius 1 is 1.04 bits per heavy atom. The number of nitrogens with one attached hydrogen (secondary N) is 2. The number of carbonyl (C=O) groups is 1. The summed E-state index contributed by atoms with van der Waals surface area (Å²) in [5.41, 5.74) is 1.94. The number of nitrogens with zero attached hydrogens (tertiary/aromatic N) is 1. The molecule has 0 saturated heterocycles. The molecule has 0 atom stereocenters. The van der Waals surface area contributed by atoms with Gasteiger partial charge in [-0.15, -0.1) is 0 Å². The number of carbonyl (C=O) groups excluding carboxylic acids is 1. The zero-order valence-corrected chi connectivity index (χ0v) is 16.0. The maximum atomic E-state index is 12.6. The molecule has 0 radical (unpaired) electrons. The summed E-state index contributed by atoms with van der Waals surface area (Å²) in [5.74, 6) is 1.29. The molecular formula is C21H27N3O3. The van der Waals surface area contributed by atoms with Crippen LogP contribution in [0.4, 0.5) is 11.4 Å². The summed E-state index contributed by atoms with van der Waals surface area (Å²) in [4.78, 5) is 16.8. The minimum atomic E-state index is -0.122. The van der Waals surface area contributed by atoms with Crippen LogP contribution in [-0.4, -0.2) is 31.2 Å². The highest BCUT2D eigenvalue weighted by Crippen LogP contribution is 2.31. The summed E-state index contributed by atoms with van der Waals surface area (Å²) in [5, 5.41) is 6.42. The van der Waals surface area contributed by atoms with E-state index < -0.39 is 0 Å². The van der Waals surface area contributed by atoms with Crippen molar-refractivity contribution in [2.75, 3.05) is 19.5 Å². The van der Waals surface area contributed by atoms with Gasteiger partial charge in [0.05, 0.1) is 19.9 Å². The van der Waals surface area contributed by atoms with Gasteiger partial charge in [-0.25, -0.2) is 0 Å². The molecule has 0 aliphatic heterocycles. The first kappa shape index (κ1) is 19.0. The lowest BCUT2D eigenvalue weighted by Gasteiger charge is -2.16. The van der Waals surface area contributed by atoms with Crippen LogP contribution in [0.5, 0.6) is 11.5 Å². The molecule has 1 aliphatic carbocycles. The largest absolute Gasteiger partial charge is 0.497 e. The SMILES string of the molecule is COc1ccc(OC)c(Nc2ccnc(C(=O)NC3CCCCCC3)c2)c1. The van der Waals surface area contributed by atoms with Crippen molar-refractivity contribution in [1.82, 2.24) is 10.3 Å². The highest BCUT2D eigenvalue weighted by molar-refractivity contribution is 5.93. The van der Waals surface area contributed by atoms with Gasteiger partial charge in [0.1, 0.15) is 17.2 Å². The lowest BCUT2D eigenvalue weighted by atomic mass is 10.1. The molecule has 6 heteroatoms. The molecule has 1 heterocycles. The molecular weight excluding hydrogens is 342 g/mol. The summed E-state index contributed by atoms with van der Waals surface area (Å²) >= 11 is 0. The zero-order valence-electron chi connectivity index (χ0n) is 16.0. The van der Waals surface area contributed by atoms with Gasteiger partial charge in [-0.3, -0.25) is 9.78 Å². The molecule has 3 rings (SSSR count). The van der Waals surface area contributed by atoms with Crippen LogP contribution in [0, 0.1) is 0 Å². The predicted octanol–water partition coefficient (Wildman–Crippen LogP) is 4.30. The maximum Gasteiger partial charge on any atom is 0.270 e. The number of hydrogen-bond acceptors (Lipinski definition) is 5. The molecule has 6 nitrogen and oxygen atoms in total. The van der Waals surface area contributed by atoms with E-state index in [4.69, 9.17) is 9.47 Å². The average molecular weight is 369 g/mol. The first-order valence-corrected chi connectivity index (χ1v) is 9.45. The molecule has 27 heavy (non-hydrogen) atoms. The van der Waals surface area contributed by atoms with Crippen LogP contribution in [-0.2, 0) is 0 Å². The van der Waals surface area contributed by atoms with Gasteiger partial charge in [-0.05, 0) is 37.1 Å². The lowest BCUT2D eigenvalue weighted by Crippen LogP contribution is -2.34. The Bertz CT molecular complexity index is 771. The molecule has 1 saturated carbocycles. The van der Waals surface area contributed by atoms with E-state index in [1.807, 2.05) is 24.3 Å². The summed E-state index contributed by atoms with van der Waals surface area (Å²) in [6.45, 7) is 0. The van der Waals surface area contributed by atoms with Crippen LogP contribution in [0.2, 0.25) is 0 Å². The van der Waals surface area contributed by atoms with Gasteiger partial charge in [0.15, 0.2) is 0 Å². The second kappa shape index (κ2) is 9.26. The molecule has 1 fully saturated rings. The molecule has 1 aliphatic rings. The molecule has 2 aromatic rings. The minimum absolute atomic E-state index is 0.122. The molecule has 0 unspecified atom stereocenters. The fraction of sp³-hybridized carbons (Fsp3) is 0.429. The first-order valence-electron chi connectivity index (χ1n) is 9.45. The van der Waals surface area contributed by atoms with Crippen LogP contribution in [0.1, 0.15) is 49.0 Å². The highest BCUT2D eigenvalue weighted by atomic mass is 16.5. The first-order chi connectivity index (χ1) is 13.2. The quantitative estimate of drug-likeness (QED) is 0.743. The number of pyridine rings is 1. The molecule has 0 bridgehead atoms. The van der Waals surface area contributed by atoms with E-state index in [2.05, 4.69) is 15.6 Å². The number of amides is 1. The van der Waals surface area contributed by atoms with E-state index in [0.29, 0.717) is 11.4 Å². The normalized spacial score (nSPS) is 14.9. The van der Waals surface area contributed by atoms with E-state index >= 15 is 0 Å². The summed E-state index contributed by atoms with van der Waals surface area (Å²) in [6, 6.07) is 9.35. The number of rotatable bonds is 6. The van der Waals surface area contributed by atoms with E-state index in [-0.39, 0.29) is 11.9 Å². The third-order valence-corrected chi connectivity index (χ3v) is 4.87. The monoisotopic (exact) mass is 369 g/mol. The van der Waals surface area contributed by atoms with Crippen LogP contribution in [0.3, 0.4) is 0 Å². The van der Waals surface area contributed by atoms with Crippen molar-refractivity contribution in [1.29, 1.82) is 0 Å². The third-order valence-electron chi connectivity index (χ3n) is 4.87. The zero-order chi connectivity index (χ0) is 19.1. The number of benzene rings is 1. The van der Waals surface area contributed by atoms with E-state index in [1.165, 1.54) is 25.7 Å². The topological polar surface area (TPSA) is 72.5 Å². The van der Waals surface area contributed by atoms with Crippen molar-refractivity contribution < 1.29 is 14.3 Å². The van der Waals surface area contributed by atoms with Gasteiger partial charge in [-0.2, -0.15) is 0 Å². The summed E-state index contributed by atoms with van der Waals surface area (Å²) < 4.78 is 10.7. The molecule has 1 aromatic heterocycles. The van der Waals surface area contributed by atoms with E-state index in [1.54, 1.807) is 26.5 Å². The number of ether oxygens (including phenoxy) is 2. The Morgan fingerprint density at radius 2 is 1.81 bits per heavy atom. The Hall–Kier alpha value is -2.76. The van der Waals surface area contributed by atoms with Gasteiger partial charge >= 0.3 is 0 Å². The third kappa shape index (κ3) is 5.12. The lowest BCUT2D eigenvalue weighted by molar-refractivity contribution is 0.0928. The number of anilines is 2. The van der Waals surface area contributed by atoms with Crippen molar-refractivity contribution in [2.45, 2.75) is 44.6 Å². The highest BCUT2D eigenvalue weighted by Gasteiger charge is 2.17. The van der Waals surface area contributed by atoms with Gasteiger partial charge in [0, 0.05) is 24.0 Å². The second-order valence-corrected chi connectivity index (χ2v) is 6.78. The Morgan fingerprint density at radius 3 is 2.52 bits per heavy atom. The minimum Gasteiger partial charge on any atom is -0.497 e. The Kier molecular flexibility index (Phi) is 6.52. The molecule has 2 N–H and O–H groups in total. The Labute approximate surface area is 160 Å². The van der Waals surface area contributed by atoms with E-state index in [9.17, 15) is 4.79 Å². The fourth-order valence-corrected chi connectivity index (χ4v) is 3.38. The second-order valence-electron chi connectivity index (χ2n) is 6.78. The average Bonchev–Trinajstić information content (AvgIpc) is 2.96. The van der Waals surface area contributed by atoms with Gasteiger partial charge in [0.25, 0.3) is 5.91 Å². The summed E-state index contributed by atoms with van der Waals surface area (Å²) in [6.07, 6.45) is 8.59. The van der Waals surface area contributed by atoms with Crippen molar-refractivity contribution in [3.8, 4) is 11.5 Å². The number of methoxy groups -OCH3 is 2. The van der Waals surface area contributed by atoms with Gasteiger partial charge < -0.3 is 20.1 Å².